The second-order valence-corrected chi connectivity index (χ2v) is 6.26. The molecule has 0 spiro atoms. The van der Waals surface area contributed by atoms with E-state index in [1.54, 1.807) is 24.3 Å². The molecular formula is C21H18N4O. The van der Waals surface area contributed by atoms with E-state index in [0.717, 1.165) is 17.8 Å². The summed E-state index contributed by atoms with van der Waals surface area (Å²) >= 11 is 0. The third-order valence-electron chi connectivity index (χ3n) is 4.66. The number of nitrogens with zero attached hydrogens (tertiary/aromatic N) is 3. The summed E-state index contributed by atoms with van der Waals surface area (Å²) in [7, 11) is 0. The molecule has 26 heavy (non-hydrogen) atoms. The van der Waals surface area contributed by atoms with Crippen molar-refractivity contribution in [3.8, 4) is 6.07 Å². The molecule has 1 N–H and O–H groups in total. The van der Waals surface area contributed by atoms with Gasteiger partial charge in [-0.2, -0.15) is 5.26 Å². The highest BCUT2D eigenvalue weighted by atomic mass is 16.2. The van der Waals surface area contributed by atoms with Crippen LogP contribution in [0.4, 0.5) is 10.5 Å². The number of benzene rings is 2. The van der Waals surface area contributed by atoms with E-state index in [1.807, 2.05) is 41.3 Å². The molecule has 1 atom stereocenters. The van der Waals surface area contributed by atoms with Gasteiger partial charge >= 0.3 is 6.03 Å². The van der Waals surface area contributed by atoms with Crippen molar-refractivity contribution in [1.29, 1.82) is 5.26 Å². The SMILES string of the molecule is N#Cc1cccc(NC(=O)N2CCn3cccc3[C@@H]2c2ccccc2)c1. The molecule has 2 aromatic carbocycles. The summed E-state index contributed by atoms with van der Waals surface area (Å²) in [5.74, 6) is 0. The molecule has 128 valence electrons. The average Bonchev–Trinajstić information content (AvgIpc) is 3.16. The Balaban J connectivity index is 1.66. The smallest absolute Gasteiger partial charge is 0.322 e. The highest BCUT2D eigenvalue weighted by Gasteiger charge is 2.32. The Morgan fingerprint density at radius 2 is 1.88 bits per heavy atom. The third kappa shape index (κ3) is 2.93. The molecule has 1 aliphatic heterocycles. The molecule has 0 bridgehead atoms. The fourth-order valence-corrected chi connectivity index (χ4v) is 3.45. The monoisotopic (exact) mass is 342 g/mol. The van der Waals surface area contributed by atoms with Gasteiger partial charge in [-0.05, 0) is 35.9 Å². The predicted octanol–water partition coefficient (Wildman–Crippen LogP) is 4.00. The average molecular weight is 342 g/mol. The lowest BCUT2D eigenvalue weighted by Crippen LogP contribution is -2.44. The molecule has 4 rings (SSSR count). The molecule has 3 aromatic rings. The predicted molar refractivity (Wildman–Crippen MR) is 99.6 cm³/mol. The number of fused-ring (bicyclic) bond motifs is 1. The van der Waals surface area contributed by atoms with Crippen LogP contribution in [0.25, 0.3) is 0 Å². The van der Waals surface area contributed by atoms with E-state index < -0.39 is 0 Å². The van der Waals surface area contributed by atoms with Gasteiger partial charge in [0.2, 0.25) is 0 Å². The maximum atomic E-state index is 13.0. The fourth-order valence-electron chi connectivity index (χ4n) is 3.45. The molecule has 0 fully saturated rings. The minimum atomic E-state index is -0.165. The lowest BCUT2D eigenvalue weighted by molar-refractivity contribution is 0.182. The van der Waals surface area contributed by atoms with Crippen LogP contribution >= 0.6 is 0 Å². The van der Waals surface area contributed by atoms with Crippen molar-refractivity contribution in [2.45, 2.75) is 12.6 Å². The van der Waals surface area contributed by atoms with Crippen LogP contribution in [-0.2, 0) is 6.54 Å². The van der Waals surface area contributed by atoms with Crippen LogP contribution in [0, 0.1) is 11.3 Å². The van der Waals surface area contributed by atoms with Crippen molar-refractivity contribution in [2.75, 3.05) is 11.9 Å². The van der Waals surface area contributed by atoms with E-state index in [9.17, 15) is 4.79 Å². The summed E-state index contributed by atoms with van der Waals surface area (Å²) in [6.45, 7) is 1.38. The van der Waals surface area contributed by atoms with Gasteiger partial charge in [0.15, 0.2) is 0 Å². The Kier molecular flexibility index (Phi) is 4.16. The molecule has 1 aliphatic rings. The van der Waals surface area contributed by atoms with Gasteiger partial charge in [0.05, 0.1) is 17.7 Å². The van der Waals surface area contributed by atoms with Crippen LogP contribution in [0.1, 0.15) is 22.9 Å². The molecule has 2 amide bonds. The Hall–Kier alpha value is -3.52. The second kappa shape index (κ2) is 6.77. The maximum Gasteiger partial charge on any atom is 0.322 e. The Morgan fingerprint density at radius 1 is 1.04 bits per heavy atom. The first-order valence-corrected chi connectivity index (χ1v) is 8.54. The molecule has 0 unspecified atom stereocenters. The summed E-state index contributed by atoms with van der Waals surface area (Å²) in [4.78, 5) is 14.9. The van der Waals surface area contributed by atoms with E-state index in [4.69, 9.17) is 5.26 Å². The highest BCUT2D eigenvalue weighted by molar-refractivity contribution is 5.90. The molecule has 1 aromatic heterocycles. The number of aromatic nitrogens is 1. The zero-order valence-electron chi connectivity index (χ0n) is 14.2. The minimum absolute atomic E-state index is 0.140. The maximum absolute atomic E-state index is 13.0. The van der Waals surface area contributed by atoms with Crippen LogP contribution in [-0.4, -0.2) is 22.0 Å². The number of hydrogen-bond donors (Lipinski definition) is 1. The van der Waals surface area contributed by atoms with E-state index in [0.29, 0.717) is 17.8 Å². The van der Waals surface area contributed by atoms with Crippen molar-refractivity contribution in [3.05, 3.63) is 89.7 Å². The number of amides is 2. The molecule has 0 saturated carbocycles. The number of carbonyl (C=O) groups is 1. The van der Waals surface area contributed by atoms with Gasteiger partial charge in [0, 0.05) is 30.7 Å². The number of nitrogens with one attached hydrogen (secondary N) is 1. The summed E-state index contributed by atoms with van der Waals surface area (Å²) in [6, 6.07) is 22.9. The number of urea groups is 1. The first-order chi connectivity index (χ1) is 12.8. The zero-order chi connectivity index (χ0) is 17.9. The van der Waals surface area contributed by atoms with Crippen LogP contribution in [0.3, 0.4) is 0 Å². The molecule has 0 radical (unpaired) electrons. The van der Waals surface area contributed by atoms with Gasteiger partial charge in [-0.25, -0.2) is 4.79 Å². The topological polar surface area (TPSA) is 61.1 Å². The number of rotatable bonds is 2. The van der Waals surface area contributed by atoms with Crippen molar-refractivity contribution < 1.29 is 4.79 Å². The van der Waals surface area contributed by atoms with Crippen LogP contribution in [0.15, 0.2) is 72.9 Å². The molecule has 0 aliphatic carbocycles. The van der Waals surface area contributed by atoms with Crippen molar-refractivity contribution >= 4 is 11.7 Å². The Bertz CT molecular complexity index is 971. The van der Waals surface area contributed by atoms with Gasteiger partial charge in [0.25, 0.3) is 0 Å². The first-order valence-electron chi connectivity index (χ1n) is 8.54. The van der Waals surface area contributed by atoms with Crippen LogP contribution in [0.5, 0.6) is 0 Å². The Labute approximate surface area is 152 Å². The first kappa shape index (κ1) is 16.0. The second-order valence-electron chi connectivity index (χ2n) is 6.26. The van der Waals surface area contributed by atoms with Gasteiger partial charge in [0.1, 0.15) is 0 Å². The van der Waals surface area contributed by atoms with Crippen molar-refractivity contribution in [3.63, 3.8) is 0 Å². The summed E-state index contributed by atoms with van der Waals surface area (Å²) in [6.07, 6.45) is 2.05. The number of hydrogen-bond acceptors (Lipinski definition) is 2. The zero-order valence-corrected chi connectivity index (χ0v) is 14.2. The quantitative estimate of drug-likeness (QED) is 0.765. The summed E-state index contributed by atoms with van der Waals surface area (Å²) < 4.78 is 2.19. The van der Waals surface area contributed by atoms with E-state index >= 15 is 0 Å². The highest BCUT2D eigenvalue weighted by Crippen LogP contribution is 2.32. The van der Waals surface area contributed by atoms with Crippen molar-refractivity contribution in [2.24, 2.45) is 0 Å². The van der Waals surface area contributed by atoms with Gasteiger partial charge in [-0.15, -0.1) is 0 Å². The molecule has 5 heteroatoms. The largest absolute Gasteiger partial charge is 0.348 e. The molecule has 2 heterocycles. The Morgan fingerprint density at radius 3 is 2.69 bits per heavy atom. The van der Waals surface area contributed by atoms with Crippen molar-refractivity contribution in [1.82, 2.24) is 9.47 Å². The minimum Gasteiger partial charge on any atom is -0.348 e. The molecule has 5 nitrogen and oxygen atoms in total. The van der Waals surface area contributed by atoms with Gasteiger partial charge in [-0.1, -0.05) is 36.4 Å². The van der Waals surface area contributed by atoms with Crippen LogP contribution < -0.4 is 5.32 Å². The van der Waals surface area contributed by atoms with Gasteiger partial charge in [-0.3, -0.25) is 0 Å². The van der Waals surface area contributed by atoms with E-state index in [2.05, 4.69) is 28.2 Å². The summed E-state index contributed by atoms with van der Waals surface area (Å²) in [5, 5.41) is 12.0. The van der Waals surface area contributed by atoms with Gasteiger partial charge < -0.3 is 14.8 Å². The number of nitriles is 1. The normalized spacial score (nSPS) is 15.8. The summed E-state index contributed by atoms with van der Waals surface area (Å²) in [5.41, 5.74) is 3.33. The fraction of sp³-hybridized carbons (Fsp3) is 0.143. The van der Waals surface area contributed by atoms with Crippen LogP contribution in [0.2, 0.25) is 0 Å². The number of anilines is 1. The molecule has 0 saturated heterocycles. The number of carbonyl (C=O) groups excluding carboxylic acids is 1. The lowest BCUT2D eigenvalue weighted by atomic mass is 10.0. The third-order valence-corrected chi connectivity index (χ3v) is 4.66. The standard InChI is InChI=1S/C21H18N4O/c22-15-16-6-4-9-18(14-16)23-21(26)25-13-12-24-11-5-10-19(24)20(25)17-7-2-1-3-8-17/h1-11,14,20H,12-13H2,(H,23,26)/t20-/m0/s1. The molecular weight excluding hydrogens is 324 g/mol. The van der Waals surface area contributed by atoms with E-state index in [1.165, 1.54) is 0 Å². The lowest BCUT2D eigenvalue weighted by Gasteiger charge is -2.37. The van der Waals surface area contributed by atoms with E-state index in [-0.39, 0.29) is 12.1 Å².